The second-order valence-corrected chi connectivity index (χ2v) is 6.17. The van der Waals surface area contributed by atoms with Crippen molar-refractivity contribution in [3.63, 3.8) is 0 Å². The van der Waals surface area contributed by atoms with Gasteiger partial charge in [0.25, 0.3) is 5.91 Å². The number of anilines is 2. The molecule has 0 spiro atoms. The Morgan fingerprint density at radius 1 is 1.11 bits per heavy atom. The Kier molecular flexibility index (Phi) is 6.30. The number of carbonyl (C=O) groups is 1. The first-order valence-electron chi connectivity index (χ1n) is 8.46. The number of nitrogens with zero attached hydrogens (tertiary/aromatic N) is 3. The molecule has 1 amide bonds. The van der Waals surface area contributed by atoms with E-state index in [1.165, 1.54) is 0 Å². The summed E-state index contributed by atoms with van der Waals surface area (Å²) in [6.45, 7) is 1.04. The number of amides is 1. The number of hydrogen-bond donors (Lipinski definition) is 3. The van der Waals surface area contributed by atoms with Crippen molar-refractivity contribution >= 4 is 29.1 Å². The van der Waals surface area contributed by atoms with Gasteiger partial charge in [-0.25, -0.2) is 9.97 Å². The lowest BCUT2D eigenvalue weighted by Gasteiger charge is -2.08. The van der Waals surface area contributed by atoms with Gasteiger partial charge in [0.2, 0.25) is 5.95 Å². The lowest BCUT2D eigenvalue weighted by Crippen LogP contribution is -2.26. The molecule has 27 heavy (non-hydrogen) atoms. The van der Waals surface area contributed by atoms with Crippen LogP contribution in [-0.4, -0.2) is 33.9 Å². The predicted molar refractivity (Wildman–Crippen MR) is 106 cm³/mol. The van der Waals surface area contributed by atoms with E-state index in [0.717, 1.165) is 17.7 Å². The van der Waals surface area contributed by atoms with Gasteiger partial charge in [-0.2, -0.15) is 0 Å². The predicted octanol–water partition coefficient (Wildman–Crippen LogP) is 3.01. The average Bonchev–Trinajstić information content (AvgIpc) is 2.68. The Morgan fingerprint density at radius 3 is 2.78 bits per heavy atom. The molecule has 3 rings (SSSR count). The molecule has 0 atom stereocenters. The van der Waals surface area contributed by atoms with Crippen LogP contribution in [0.25, 0.3) is 11.3 Å². The second-order valence-electron chi connectivity index (χ2n) is 5.73. The molecular weight excluding hydrogens is 364 g/mol. The van der Waals surface area contributed by atoms with Crippen LogP contribution >= 0.6 is 11.6 Å². The number of carbonyl (C=O) groups excluding carboxylic acids is 1. The number of rotatable bonds is 7. The Morgan fingerprint density at radius 2 is 1.96 bits per heavy atom. The normalized spacial score (nSPS) is 10.4. The molecule has 0 aliphatic carbocycles. The fraction of sp³-hybridized carbons (Fsp3) is 0.158. The van der Waals surface area contributed by atoms with Crippen LogP contribution in [0.3, 0.4) is 0 Å². The molecule has 3 aromatic rings. The number of nitrogens with two attached hydrogens (primary N) is 1. The van der Waals surface area contributed by atoms with Gasteiger partial charge in [-0.15, -0.1) is 0 Å². The molecule has 1 aromatic carbocycles. The van der Waals surface area contributed by atoms with Gasteiger partial charge < -0.3 is 16.4 Å². The molecular formula is C19H19ClN6O. The van der Waals surface area contributed by atoms with Gasteiger partial charge in [-0.3, -0.25) is 9.78 Å². The van der Waals surface area contributed by atoms with Crippen LogP contribution < -0.4 is 16.4 Å². The summed E-state index contributed by atoms with van der Waals surface area (Å²) in [4.78, 5) is 25.0. The van der Waals surface area contributed by atoms with Crippen molar-refractivity contribution in [2.45, 2.75) is 6.42 Å². The highest BCUT2D eigenvalue weighted by molar-refractivity contribution is 6.30. The number of pyridine rings is 1. The maximum absolute atomic E-state index is 12.2. The first-order chi connectivity index (χ1) is 13.2. The molecule has 0 bridgehead atoms. The standard InChI is InChI=1S/C19H19ClN6O/c20-14-3-1-4-15(12-14)25-19-24-10-6-16(26-19)13-5-9-22-17(11-13)18(27)23-8-2-7-21/h1,3-6,9-12H,2,7-8,21H2,(H,23,27)(H,24,25,26). The zero-order valence-electron chi connectivity index (χ0n) is 14.5. The van der Waals surface area contributed by atoms with E-state index in [2.05, 4.69) is 25.6 Å². The lowest BCUT2D eigenvalue weighted by molar-refractivity contribution is 0.0948. The summed E-state index contributed by atoms with van der Waals surface area (Å²) in [7, 11) is 0. The van der Waals surface area contributed by atoms with Gasteiger partial charge in [0.05, 0.1) is 5.69 Å². The topological polar surface area (TPSA) is 106 Å². The van der Waals surface area contributed by atoms with E-state index in [4.69, 9.17) is 17.3 Å². The maximum atomic E-state index is 12.2. The van der Waals surface area contributed by atoms with Crippen LogP contribution in [0.4, 0.5) is 11.6 Å². The zero-order valence-corrected chi connectivity index (χ0v) is 15.3. The largest absolute Gasteiger partial charge is 0.351 e. The van der Waals surface area contributed by atoms with Crippen molar-refractivity contribution in [3.8, 4) is 11.3 Å². The van der Waals surface area contributed by atoms with E-state index in [0.29, 0.717) is 35.4 Å². The van der Waals surface area contributed by atoms with Crippen molar-refractivity contribution in [1.29, 1.82) is 0 Å². The van der Waals surface area contributed by atoms with Crippen LogP contribution in [0.15, 0.2) is 54.9 Å². The molecule has 0 saturated carbocycles. The number of aromatic nitrogens is 3. The number of halogens is 1. The molecule has 2 heterocycles. The monoisotopic (exact) mass is 382 g/mol. The highest BCUT2D eigenvalue weighted by atomic mass is 35.5. The van der Waals surface area contributed by atoms with Gasteiger partial charge in [-0.05, 0) is 49.4 Å². The van der Waals surface area contributed by atoms with E-state index in [9.17, 15) is 4.79 Å². The van der Waals surface area contributed by atoms with E-state index < -0.39 is 0 Å². The third kappa shape index (κ3) is 5.22. The van der Waals surface area contributed by atoms with Crippen molar-refractivity contribution in [1.82, 2.24) is 20.3 Å². The van der Waals surface area contributed by atoms with Gasteiger partial charge in [0.1, 0.15) is 5.69 Å². The van der Waals surface area contributed by atoms with E-state index >= 15 is 0 Å². The highest BCUT2D eigenvalue weighted by Crippen LogP contribution is 2.21. The molecule has 0 saturated heterocycles. The lowest BCUT2D eigenvalue weighted by atomic mass is 10.1. The van der Waals surface area contributed by atoms with Crippen molar-refractivity contribution in [3.05, 3.63) is 65.6 Å². The Hall–Kier alpha value is -3.03. The summed E-state index contributed by atoms with van der Waals surface area (Å²) in [6, 6.07) is 12.6. The molecule has 138 valence electrons. The minimum Gasteiger partial charge on any atom is -0.351 e. The van der Waals surface area contributed by atoms with E-state index in [1.54, 1.807) is 42.7 Å². The smallest absolute Gasteiger partial charge is 0.269 e. The minimum absolute atomic E-state index is 0.239. The molecule has 8 heteroatoms. The minimum atomic E-state index is -0.239. The molecule has 7 nitrogen and oxygen atoms in total. The molecule has 2 aromatic heterocycles. The summed E-state index contributed by atoms with van der Waals surface area (Å²) in [5.74, 6) is 0.192. The Balaban J connectivity index is 1.78. The Bertz CT molecular complexity index is 933. The van der Waals surface area contributed by atoms with Crippen molar-refractivity contribution < 1.29 is 4.79 Å². The first kappa shape index (κ1) is 18.8. The Labute approximate surface area is 162 Å². The van der Waals surface area contributed by atoms with Crippen molar-refractivity contribution in [2.24, 2.45) is 5.73 Å². The molecule has 0 radical (unpaired) electrons. The second kappa shape index (κ2) is 9.07. The van der Waals surface area contributed by atoms with Crippen LogP contribution in [0.2, 0.25) is 5.02 Å². The summed E-state index contributed by atoms with van der Waals surface area (Å²) in [5, 5.41) is 6.52. The summed E-state index contributed by atoms with van der Waals surface area (Å²) in [6.07, 6.45) is 3.95. The van der Waals surface area contributed by atoms with Crippen molar-refractivity contribution in [2.75, 3.05) is 18.4 Å². The first-order valence-corrected chi connectivity index (χ1v) is 8.84. The SMILES string of the molecule is NCCCNC(=O)c1cc(-c2ccnc(Nc3cccc(Cl)c3)n2)ccn1. The zero-order chi connectivity index (χ0) is 19.1. The van der Waals surface area contributed by atoms with Gasteiger partial charge in [0.15, 0.2) is 0 Å². The summed E-state index contributed by atoms with van der Waals surface area (Å²) in [5.41, 5.74) is 7.99. The molecule has 0 aliphatic heterocycles. The van der Waals surface area contributed by atoms with Crippen LogP contribution in [0.5, 0.6) is 0 Å². The highest BCUT2D eigenvalue weighted by Gasteiger charge is 2.10. The van der Waals surface area contributed by atoms with Crippen LogP contribution in [-0.2, 0) is 0 Å². The number of benzene rings is 1. The van der Waals surface area contributed by atoms with Gasteiger partial charge in [-0.1, -0.05) is 17.7 Å². The summed E-state index contributed by atoms with van der Waals surface area (Å²) < 4.78 is 0. The molecule has 0 aliphatic rings. The maximum Gasteiger partial charge on any atom is 0.269 e. The fourth-order valence-corrected chi connectivity index (χ4v) is 2.57. The number of nitrogens with one attached hydrogen (secondary N) is 2. The van der Waals surface area contributed by atoms with Gasteiger partial charge >= 0.3 is 0 Å². The molecule has 0 fully saturated rings. The van der Waals surface area contributed by atoms with Gasteiger partial charge in [0, 0.05) is 35.2 Å². The van der Waals surface area contributed by atoms with Crippen LogP contribution in [0.1, 0.15) is 16.9 Å². The number of hydrogen-bond acceptors (Lipinski definition) is 6. The average molecular weight is 383 g/mol. The molecule has 0 unspecified atom stereocenters. The summed E-state index contributed by atoms with van der Waals surface area (Å²) >= 11 is 6.00. The quantitative estimate of drug-likeness (QED) is 0.542. The fourth-order valence-electron chi connectivity index (χ4n) is 2.38. The van der Waals surface area contributed by atoms with Crippen LogP contribution in [0, 0.1) is 0 Å². The molecule has 4 N–H and O–H groups in total. The third-order valence-corrected chi connectivity index (χ3v) is 3.93. The third-order valence-electron chi connectivity index (χ3n) is 3.69. The van der Waals surface area contributed by atoms with E-state index in [1.807, 2.05) is 12.1 Å². The van der Waals surface area contributed by atoms with E-state index in [-0.39, 0.29) is 5.91 Å².